The molecule has 0 aromatic carbocycles. The summed E-state index contributed by atoms with van der Waals surface area (Å²) in [5.41, 5.74) is 0. The van der Waals surface area contributed by atoms with Crippen LogP contribution in [0.3, 0.4) is 0 Å². The second kappa shape index (κ2) is 7.78. The number of nitrogens with zero attached hydrogens (tertiary/aromatic N) is 1. The predicted molar refractivity (Wildman–Crippen MR) is 82.8 cm³/mol. The van der Waals surface area contributed by atoms with E-state index >= 15 is 0 Å². The van der Waals surface area contributed by atoms with Crippen LogP contribution in [0.5, 0.6) is 0 Å². The summed E-state index contributed by atoms with van der Waals surface area (Å²) in [6.45, 7) is 4.49. The SMILES string of the molecule is CNCCCNC(=O)C1CC(=O)N(C2CCC(C)CC2)C1. The van der Waals surface area contributed by atoms with Crippen molar-refractivity contribution in [3.8, 4) is 0 Å². The van der Waals surface area contributed by atoms with Crippen molar-refractivity contribution < 1.29 is 9.59 Å². The lowest BCUT2D eigenvalue weighted by atomic mass is 9.87. The summed E-state index contributed by atoms with van der Waals surface area (Å²) in [6.07, 6.45) is 5.93. The fourth-order valence-corrected chi connectivity index (χ4v) is 3.44. The van der Waals surface area contributed by atoms with E-state index in [0.29, 0.717) is 25.6 Å². The van der Waals surface area contributed by atoms with Crippen molar-refractivity contribution in [3.05, 3.63) is 0 Å². The van der Waals surface area contributed by atoms with Gasteiger partial charge in [-0.2, -0.15) is 0 Å². The minimum absolute atomic E-state index is 0.0473. The van der Waals surface area contributed by atoms with Crippen molar-refractivity contribution in [2.24, 2.45) is 11.8 Å². The molecule has 1 aliphatic heterocycles. The summed E-state index contributed by atoms with van der Waals surface area (Å²) in [6, 6.07) is 0.371. The van der Waals surface area contributed by atoms with E-state index in [0.717, 1.165) is 31.7 Å². The quantitative estimate of drug-likeness (QED) is 0.722. The Balaban J connectivity index is 1.77. The average molecular weight is 295 g/mol. The van der Waals surface area contributed by atoms with Crippen LogP contribution < -0.4 is 10.6 Å². The fraction of sp³-hybridized carbons (Fsp3) is 0.875. The maximum Gasteiger partial charge on any atom is 0.225 e. The predicted octanol–water partition coefficient (Wildman–Crippen LogP) is 1.14. The smallest absolute Gasteiger partial charge is 0.225 e. The van der Waals surface area contributed by atoms with E-state index in [4.69, 9.17) is 0 Å². The van der Waals surface area contributed by atoms with Gasteiger partial charge in [0.1, 0.15) is 0 Å². The van der Waals surface area contributed by atoms with E-state index in [2.05, 4.69) is 17.6 Å². The standard InChI is InChI=1S/C16H29N3O2/c1-12-4-6-14(7-5-12)19-11-13(10-15(19)20)16(21)18-9-3-8-17-2/h12-14,17H,3-11H2,1-2H3,(H,18,21). The lowest BCUT2D eigenvalue weighted by molar-refractivity contribution is -0.130. The van der Waals surface area contributed by atoms with Crippen LogP contribution in [0, 0.1) is 11.8 Å². The molecule has 1 saturated carbocycles. The third-order valence-electron chi connectivity index (χ3n) is 4.86. The minimum Gasteiger partial charge on any atom is -0.356 e. The van der Waals surface area contributed by atoms with Gasteiger partial charge in [0, 0.05) is 25.6 Å². The van der Waals surface area contributed by atoms with E-state index in [1.807, 2.05) is 11.9 Å². The van der Waals surface area contributed by atoms with E-state index in [1.54, 1.807) is 0 Å². The van der Waals surface area contributed by atoms with Gasteiger partial charge < -0.3 is 15.5 Å². The summed E-state index contributed by atoms with van der Waals surface area (Å²) >= 11 is 0. The zero-order valence-electron chi connectivity index (χ0n) is 13.4. The molecule has 1 atom stereocenters. The molecule has 2 fully saturated rings. The molecule has 1 saturated heterocycles. The van der Waals surface area contributed by atoms with Gasteiger partial charge in [-0.3, -0.25) is 9.59 Å². The molecule has 21 heavy (non-hydrogen) atoms. The highest BCUT2D eigenvalue weighted by Gasteiger charge is 2.38. The molecule has 0 radical (unpaired) electrons. The highest BCUT2D eigenvalue weighted by atomic mass is 16.2. The largest absolute Gasteiger partial charge is 0.356 e. The topological polar surface area (TPSA) is 61.4 Å². The fourth-order valence-electron chi connectivity index (χ4n) is 3.44. The van der Waals surface area contributed by atoms with Crippen LogP contribution in [-0.2, 0) is 9.59 Å². The molecule has 5 heteroatoms. The molecule has 1 unspecified atom stereocenters. The second-order valence-corrected chi connectivity index (χ2v) is 6.61. The molecule has 2 N–H and O–H groups in total. The van der Waals surface area contributed by atoms with Crippen LogP contribution in [0.4, 0.5) is 0 Å². The van der Waals surface area contributed by atoms with Gasteiger partial charge in [0.05, 0.1) is 5.92 Å². The van der Waals surface area contributed by atoms with Gasteiger partial charge in [-0.1, -0.05) is 6.92 Å². The lowest BCUT2D eigenvalue weighted by Crippen LogP contribution is -2.40. The molecule has 0 aromatic rings. The molecule has 1 heterocycles. The van der Waals surface area contributed by atoms with Crippen molar-refractivity contribution in [2.75, 3.05) is 26.7 Å². The third kappa shape index (κ3) is 4.43. The van der Waals surface area contributed by atoms with Crippen molar-refractivity contribution in [2.45, 2.75) is 51.5 Å². The Bertz CT molecular complexity index is 365. The first-order valence-corrected chi connectivity index (χ1v) is 8.33. The Labute approximate surface area is 127 Å². The van der Waals surface area contributed by atoms with Gasteiger partial charge in [-0.15, -0.1) is 0 Å². The monoisotopic (exact) mass is 295 g/mol. The van der Waals surface area contributed by atoms with Crippen LogP contribution in [-0.4, -0.2) is 49.4 Å². The zero-order chi connectivity index (χ0) is 15.2. The highest BCUT2D eigenvalue weighted by molar-refractivity contribution is 5.89. The summed E-state index contributed by atoms with van der Waals surface area (Å²) in [7, 11) is 1.90. The molecule has 2 amide bonds. The molecule has 2 rings (SSSR count). The van der Waals surface area contributed by atoms with Gasteiger partial charge in [-0.25, -0.2) is 0 Å². The first-order chi connectivity index (χ1) is 10.1. The maximum absolute atomic E-state index is 12.2. The molecule has 5 nitrogen and oxygen atoms in total. The maximum atomic E-state index is 12.2. The summed E-state index contributed by atoms with van der Waals surface area (Å²) in [4.78, 5) is 26.3. The number of carbonyl (C=O) groups is 2. The van der Waals surface area contributed by atoms with Gasteiger partial charge in [-0.05, 0) is 51.6 Å². The Morgan fingerprint density at radius 1 is 1.24 bits per heavy atom. The van der Waals surface area contributed by atoms with Gasteiger partial charge >= 0.3 is 0 Å². The number of nitrogens with one attached hydrogen (secondary N) is 2. The van der Waals surface area contributed by atoms with E-state index in [-0.39, 0.29) is 17.7 Å². The number of hydrogen-bond donors (Lipinski definition) is 2. The van der Waals surface area contributed by atoms with E-state index < -0.39 is 0 Å². The van der Waals surface area contributed by atoms with Crippen LogP contribution >= 0.6 is 0 Å². The first kappa shape index (κ1) is 16.3. The third-order valence-corrected chi connectivity index (χ3v) is 4.86. The molecular formula is C16H29N3O2. The summed E-state index contributed by atoms with van der Waals surface area (Å²) in [5, 5.41) is 6.01. The molecule has 0 spiro atoms. The van der Waals surface area contributed by atoms with Crippen LogP contribution in [0.15, 0.2) is 0 Å². The number of amides is 2. The van der Waals surface area contributed by atoms with Crippen LogP contribution in [0.1, 0.15) is 45.4 Å². The van der Waals surface area contributed by atoms with Crippen molar-refractivity contribution >= 4 is 11.8 Å². The summed E-state index contributed by atoms with van der Waals surface area (Å²) in [5.74, 6) is 0.854. The number of rotatable bonds is 6. The molecule has 120 valence electrons. The second-order valence-electron chi connectivity index (χ2n) is 6.61. The Hall–Kier alpha value is -1.10. The Kier molecular flexibility index (Phi) is 6.03. The van der Waals surface area contributed by atoms with Crippen molar-refractivity contribution in [1.29, 1.82) is 0 Å². The average Bonchev–Trinajstić information content (AvgIpc) is 2.86. The van der Waals surface area contributed by atoms with Crippen LogP contribution in [0.25, 0.3) is 0 Å². The molecule has 0 bridgehead atoms. The van der Waals surface area contributed by atoms with Crippen LogP contribution in [0.2, 0.25) is 0 Å². The number of likely N-dealkylation sites (tertiary alicyclic amines) is 1. The number of hydrogen-bond acceptors (Lipinski definition) is 3. The lowest BCUT2D eigenvalue weighted by Gasteiger charge is -2.33. The van der Waals surface area contributed by atoms with Gasteiger partial charge in [0.25, 0.3) is 0 Å². The minimum atomic E-state index is -0.147. The van der Waals surface area contributed by atoms with Crippen molar-refractivity contribution in [1.82, 2.24) is 15.5 Å². The van der Waals surface area contributed by atoms with Gasteiger partial charge in [0.2, 0.25) is 11.8 Å². The first-order valence-electron chi connectivity index (χ1n) is 8.33. The van der Waals surface area contributed by atoms with Gasteiger partial charge in [0.15, 0.2) is 0 Å². The molecular weight excluding hydrogens is 266 g/mol. The number of carbonyl (C=O) groups excluding carboxylic acids is 2. The molecule has 0 aromatic heterocycles. The van der Waals surface area contributed by atoms with Crippen molar-refractivity contribution in [3.63, 3.8) is 0 Å². The Morgan fingerprint density at radius 2 is 1.95 bits per heavy atom. The highest BCUT2D eigenvalue weighted by Crippen LogP contribution is 2.31. The van der Waals surface area contributed by atoms with E-state index in [1.165, 1.54) is 12.8 Å². The zero-order valence-corrected chi connectivity index (χ0v) is 13.4. The van der Waals surface area contributed by atoms with E-state index in [9.17, 15) is 9.59 Å². The molecule has 1 aliphatic carbocycles. The normalized spacial score (nSPS) is 29.7. The molecule has 2 aliphatic rings. The Morgan fingerprint density at radius 3 is 2.62 bits per heavy atom. The summed E-state index contributed by atoms with van der Waals surface area (Å²) < 4.78 is 0.